The predicted molar refractivity (Wildman–Crippen MR) is 103 cm³/mol. The molecule has 4 rings (SSSR count). The highest BCUT2D eigenvalue weighted by Gasteiger charge is 2.22. The van der Waals surface area contributed by atoms with Crippen LogP contribution in [-0.4, -0.2) is 50.1 Å². The van der Waals surface area contributed by atoms with E-state index in [2.05, 4.69) is 43.3 Å². The zero-order valence-corrected chi connectivity index (χ0v) is 15.8. The fourth-order valence-electron chi connectivity index (χ4n) is 3.41. The first-order valence-corrected chi connectivity index (χ1v) is 9.99. The van der Waals surface area contributed by atoms with Gasteiger partial charge in [-0.25, -0.2) is 4.68 Å². The van der Waals surface area contributed by atoms with E-state index in [1.807, 2.05) is 24.3 Å². The summed E-state index contributed by atoms with van der Waals surface area (Å²) >= 11 is 1.79. The SMILES string of the molecule is O=C(NC1CCCN(Cc2cccs2)C1)c1ccc(Cn2cnnn2)cc1. The molecule has 3 heterocycles. The highest BCUT2D eigenvalue weighted by Crippen LogP contribution is 2.17. The summed E-state index contributed by atoms with van der Waals surface area (Å²) in [5, 5.41) is 16.4. The molecular weight excluding hydrogens is 360 g/mol. The molecule has 0 bridgehead atoms. The Morgan fingerprint density at radius 2 is 2.11 bits per heavy atom. The normalized spacial score (nSPS) is 17.7. The number of tetrazole rings is 1. The van der Waals surface area contributed by atoms with Crippen molar-refractivity contribution in [1.82, 2.24) is 30.4 Å². The van der Waals surface area contributed by atoms with E-state index in [0.29, 0.717) is 12.1 Å². The second-order valence-corrected chi connectivity index (χ2v) is 7.86. The quantitative estimate of drug-likeness (QED) is 0.707. The number of likely N-dealkylation sites (tertiary alicyclic amines) is 1. The van der Waals surface area contributed by atoms with Gasteiger partial charge in [0.15, 0.2) is 0 Å². The van der Waals surface area contributed by atoms with E-state index in [1.165, 1.54) is 4.88 Å². The van der Waals surface area contributed by atoms with Crippen LogP contribution in [0.1, 0.15) is 33.6 Å². The van der Waals surface area contributed by atoms with Crippen molar-refractivity contribution in [2.75, 3.05) is 13.1 Å². The maximum absolute atomic E-state index is 12.6. The lowest BCUT2D eigenvalue weighted by Crippen LogP contribution is -2.47. The molecule has 1 aromatic carbocycles. The lowest BCUT2D eigenvalue weighted by atomic mass is 10.0. The van der Waals surface area contributed by atoms with Gasteiger partial charge in [-0.1, -0.05) is 18.2 Å². The van der Waals surface area contributed by atoms with Gasteiger partial charge in [0, 0.05) is 29.6 Å². The Labute approximate surface area is 162 Å². The number of hydrogen-bond acceptors (Lipinski definition) is 6. The molecule has 2 aromatic heterocycles. The first-order valence-electron chi connectivity index (χ1n) is 9.11. The second kappa shape index (κ2) is 8.41. The molecule has 0 saturated carbocycles. The summed E-state index contributed by atoms with van der Waals surface area (Å²) in [5.41, 5.74) is 1.74. The van der Waals surface area contributed by atoms with Gasteiger partial charge in [0.1, 0.15) is 6.33 Å². The fourth-order valence-corrected chi connectivity index (χ4v) is 4.16. The van der Waals surface area contributed by atoms with Gasteiger partial charge in [0.2, 0.25) is 0 Å². The largest absolute Gasteiger partial charge is 0.348 e. The van der Waals surface area contributed by atoms with Gasteiger partial charge in [0.05, 0.1) is 6.54 Å². The van der Waals surface area contributed by atoms with E-state index < -0.39 is 0 Å². The summed E-state index contributed by atoms with van der Waals surface area (Å²) in [4.78, 5) is 16.4. The molecule has 3 aromatic rings. The summed E-state index contributed by atoms with van der Waals surface area (Å²) in [6, 6.07) is 12.1. The predicted octanol–water partition coefficient (Wildman–Crippen LogP) is 2.18. The van der Waals surface area contributed by atoms with E-state index in [4.69, 9.17) is 0 Å². The molecule has 0 spiro atoms. The van der Waals surface area contributed by atoms with Crippen LogP contribution >= 0.6 is 11.3 Å². The zero-order valence-electron chi connectivity index (χ0n) is 15.0. The molecule has 1 amide bonds. The minimum atomic E-state index is -0.00746. The first kappa shape index (κ1) is 17.8. The zero-order chi connectivity index (χ0) is 18.5. The maximum atomic E-state index is 12.6. The van der Waals surface area contributed by atoms with Crippen molar-refractivity contribution in [2.24, 2.45) is 0 Å². The summed E-state index contributed by atoms with van der Waals surface area (Å²) in [5.74, 6) is -0.00746. The van der Waals surface area contributed by atoms with E-state index in [9.17, 15) is 4.79 Å². The van der Waals surface area contributed by atoms with Gasteiger partial charge in [0.25, 0.3) is 5.91 Å². The van der Waals surface area contributed by atoms with Crippen LogP contribution in [-0.2, 0) is 13.1 Å². The van der Waals surface area contributed by atoms with Gasteiger partial charge in [-0.3, -0.25) is 9.69 Å². The monoisotopic (exact) mass is 382 g/mol. The molecule has 7 nitrogen and oxygen atoms in total. The van der Waals surface area contributed by atoms with Crippen LogP contribution < -0.4 is 5.32 Å². The molecule has 0 radical (unpaired) electrons. The summed E-state index contributed by atoms with van der Waals surface area (Å²) in [6.45, 7) is 3.56. The lowest BCUT2D eigenvalue weighted by Gasteiger charge is -2.32. The van der Waals surface area contributed by atoms with E-state index in [1.54, 1.807) is 22.3 Å². The minimum Gasteiger partial charge on any atom is -0.348 e. The van der Waals surface area contributed by atoms with E-state index in [0.717, 1.165) is 38.0 Å². The third-order valence-corrected chi connectivity index (χ3v) is 5.61. The fraction of sp³-hybridized carbons (Fsp3) is 0.368. The number of benzene rings is 1. The molecule has 140 valence electrons. The summed E-state index contributed by atoms with van der Waals surface area (Å²) < 4.78 is 1.65. The third kappa shape index (κ3) is 4.78. The maximum Gasteiger partial charge on any atom is 0.251 e. The molecule has 8 heteroatoms. The second-order valence-electron chi connectivity index (χ2n) is 6.83. The van der Waals surface area contributed by atoms with Crippen LogP contribution in [0.25, 0.3) is 0 Å². The number of thiophene rings is 1. The molecule has 1 aliphatic heterocycles. The summed E-state index contributed by atoms with van der Waals surface area (Å²) in [7, 11) is 0. The van der Waals surface area contributed by atoms with Crippen LogP contribution in [0.5, 0.6) is 0 Å². The molecule has 1 unspecified atom stereocenters. The molecule has 0 aliphatic carbocycles. The molecule has 27 heavy (non-hydrogen) atoms. The minimum absolute atomic E-state index is 0.00746. The van der Waals surface area contributed by atoms with Gasteiger partial charge in [-0.05, 0) is 59.0 Å². The molecule has 1 saturated heterocycles. The van der Waals surface area contributed by atoms with E-state index in [-0.39, 0.29) is 11.9 Å². The van der Waals surface area contributed by atoms with Crippen molar-refractivity contribution in [2.45, 2.75) is 32.0 Å². The van der Waals surface area contributed by atoms with Crippen molar-refractivity contribution in [3.8, 4) is 0 Å². The molecule has 1 N–H and O–H groups in total. The van der Waals surface area contributed by atoms with Crippen LogP contribution in [0, 0.1) is 0 Å². The highest BCUT2D eigenvalue weighted by molar-refractivity contribution is 7.09. The number of nitrogens with zero attached hydrogens (tertiary/aromatic N) is 5. The van der Waals surface area contributed by atoms with Crippen molar-refractivity contribution in [3.05, 3.63) is 64.1 Å². The van der Waals surface area contributed by atoms with Crippen LogP contribution in [0.4, 0.5) is 0 Å². The number of hydrogen-bond donors (Lipinski definition) is 1. The average Bonchev–Trinajstić information content (AvgIpc) is 3.37. The number of aromatic nitrogens is 4. The van der Waals surface area contributed by atoms with Crippen LogP contribution in [0.15, 0.2) is 48.1 Å². The standard InChI is InChI=1S/C19H22N6OS/c26-19(16-7-5-15(6-8-16)11-25-14-20-22-23-25)21-17-3-1-9-24(12-17)13-18-4-2-10-27-18/h2,4-8,10,14,17H,1,3,9,11-13H2,(H,21,26). The summed E-state index contributed by atoms with van der Waals surface area (Å²) in [6.07, 6.45) is 3.72. The molecular formula is C19H22N6OS. The topological polar surface area (TPSA) is 75.9 Å². The van der Waals surface area contributed by atoms with Crippen molar-refractivity contribution in [1.29, 1.82) is 0 Å². The number of carbonyl (C=O) groups is 1. The smallest absolute Gasteiger partial charge is 0.251 e. The van der Waals surface area contributed by atoms with Crippen molar-refractivity contribution < 1.29 is 4.79 Å². The van der Waals surface area contributed by atoms with E-state index >= 15 is 0 Å². The first-order chi connectivity index (χ1) is 13.3. The highest BCUT2D eigenvalue weighted by atomic mass is 32.1. The number of nitrogens with one attached hydrogen (secondary N) is 1. The Kier molecular flexibility index (Phi) is 5.55. The van der Waals surface area contributed by atoms with Crippen molar-refractivity contribution in [3.63, 3.8) is 0 Å². The van der Waals surface area contributed by atoms with Crippen LogP contribution in [0.2, 0.25) is 0 Å². The Balaban J connectivity index is 1.31. The van der Waals surface area contributed by atoms with Gasteiger partial charge in [-0.2, -0.15) is 0 Å². The average molecular weight is 382 g/mol. The molecule has 1 fully saturated rings. The lowest BCUT2D eigenvalue weighted by molar-refractivity contribution is 0.0901. The number of rotatable bonds is 6. The third-order valence-electron chi connectivity index (χ3n) is 4.75. The number of carbonyl (C=O) groups excluding carboxylic acids is 1. The Morgan fingerprint density at radius 3 is 2.85 bits per heavy atom. The number of amides is 1. The Bertz CT molecular complexity index is 847. The Hall–Kier alpha value is -2.58. The van der Waals surface area contributed by atoms with Gasteiger partial charge in [-0.15, -0.1) is 16.4 Å². The van der Waals surface area contributed by atoms with Crippen LogP contribution in [0.3, 0.4) is 0 Å². The van der Waals surface area contributed by atoms with Gasteiger partial charge >= 0.3 is 0 Å². The van der Waals surface area contributed by atoms with Gasteiger partial charge < -0.3 is 5.32 Å². The molecule has 1 aliphatic rings. The number of piperidine rings is 1. The Morgan fingerprint density at radius 1 is 1.22 bits per heavy atom. The van der Waals surface area contributed by atoms with Crippen molar-refractivity contribution >= 4 is 17.2 Å². The molecule has 1 atom stereocenters.